The Balaban J connectivity index is 1.75. The number of carboxylic acids is 1. The third-order valence-corrected chi connectivity index (χ3v) is 6.94. The van der Waals surface area contributed by atoms with Crippen LogP contribution in [-0.4, -0.2) is 43.4 Å². The number of urea groups is 1. The molecule has 1 saturated carbocycles. The number of hydrogen-bond acceptors (Lipinski definition) is 4. The van der Waals surface area contributed by atoms with Crippen LogP contribution in [0.25, 0.3) is 11.1 Å². The van der Waals surface area contributed by atoms with Gasteiger partial charge in [-0.25, -0.2) is 14.0 Å². The molecule has 2 amide bonds. The fraction of sp³-hybridized carbons (Fsp3) is 0.333. The number of aryl methyl sites for hydroxylation is 1. The Kier molecular flexibility index (Phi) is 8.97. The lowest BCUT2D eigenvalue weighted by molar-refractivity contribution is 0.0697. The van der Waals surface area contributed by atoms with Crippen LogP contribution in [0.15, 0.2) is 60.7 Å². The maximum Gasteiger partial charge on any atom is 0.336 e. The second-order valence-corrected chi connectivity index (χ2v) is 9.65. The van der Waals surface area contributed by atoms with Crippen molar-refractivity contribution >= 4 is 29.1 Å². The van der Waals surface area contributed by atoms with E-state index in [9.17, 15) is 19.1 Å². The normalized spacial score (nSPS) is 13.7. The first kappa shape index (κ1) is 27.1. The monoisotopic (exact) mass is 519 g/mol. The van der Waals surface area contributed by atoms with E-state index >= 15 is 0 Å². The number of amides is 2. The van der Waals surface area contributed by atoms with E-state index in [1.54, 1.807) is 19.2 Å². The molecular formula is C30H34FN3O4. The van der Waals surface area contributed by atoms with Gasteiger partial charge in [0.25, 0.3) is 0 Å². The van der Waals surface area contributed by atoms with Gasteiger partial charge in [0.05, 0.1) is 23.5 Å². The first-order valence-electron chi connectivity index (χ1n) is 12.9. The molecule has 3 N–H and O–H groups in total. The SMILES string of the molecule is COCCN(c1ccc(-c2cc(F)ccc2C(=O)O)cc1NC(=O)Nc1ccc(C)cc1)C1CCCCC1. The zero-order valence-electron chi connectivity index (χ0n) is 21.8. The minimum Gasteiger partial charge on any atom is -0.478 e. The molecule has 0 aromatic heterocycles. The van der Waals surface area contributed by atoms with Crippen molar-refractivity contribution < 1.29 is 23.8 Å². The quantitative estimate of drug-likeness (QED) is 0.285. The van der Waals surface area contributed by atoms with Crippen molar-refractivity contribution in [1.29, 1.82) is 0 Å². The molecule has 200 valence electrons. The van der Waals surface area contributed by atoms with Gasteiger partial charge in [-0.2, -0.15) is 0 Å². The average Bonchev–Trinajstić information content (AvgIpc) is 2.91. The minimum absolute atomic E-state index is 0.0160. The Morgan fingerprint density at radius 2 is 1.74 bits per heavy atom. The number of aromatic carboxylic acids is 1. The molecule has 3 aromatic carbocycles. The summed E-state index contributed by atoms with van der Waals surface area (Å²) in [5.74, 6) is -1.69. The summed E-state index contributed by atoms with van der Waals surface area (Å²) in [6, 6.07) is 16.3. The second kappa shape index (κ2) is 12.6. The van der Waals surface area contributed by atoms with E-state index in [1.165, 1.54) is 18.6 Å². The van der Waals surface area contributed by atoms with Gasteiger partial charge in [-0.05, 0) is 73.4 Å². The molecule has 0 spiro atoms. The second-order valence-electron chi connectivity index (χ2n) is 9.65. The van der Waals surface area contributed by atoms with E-state index in [1.807, 2.05) is 37.3 Å². The van der Waals surface area contributed by atoms with E-state index in [-0.39, 0.29) is 17.2 Å². The zero-order valence-corrected chi connectivity index (χ0v) is 21.8. The molecule has 38 heavy (non-hydrogen) atoms. The molecule has 1 aliphatic rings. The van der Waals surface area contributed by atoms with Crippen molar-refractivity contribution in [2.24, 2.45) is 0 Å². The number of nitrogens with zero attached hydrogens (tertiary/aromatic N) is 1. The number of hydrogen-bond donors (Lipinski definition) is 3. The number of rotatable bonds is 9. The number of carbonyl (C=O) groups excluding carboxylic acids is 1. The molecule has 0 bridgehead atoms. The fourth-order valence-corrected chi connectivity index (χ4v) is 5.00. The number of nitrogens with one attached hydrogen (secondary N) is 2. The predicted molar refractivity (Wildman–Crippen MR) is 149 cm³/mol. The molecule has 0 unspecified atom stereocenters. The van der Waals surface area contributed by atoms with Crippen LogP contribution in [0.2, 0.25) is 0 Å². The van der Waals surface area contributed by atoms with Crippen molar-refractivity contribution in [2.45, 2.75) is 45.1 Å². The molecule has 0 atom stereocenters. The smallest absolute Gasteiger partial charge is 0.336 e. The van der Waals surface area contributed by atoms with Crippen LogP contribution in [0, 0.1) is 12.7 Å². The van der Waals surface area contributed by atoms with Gasteiger partial charge < -0.3 is 25.4 Å². The predicted octanol–water partition coefficient (Wildman–Crippen LogP) is 6.93. The summed E-state index contributed by atoms with van der Waals surface area (Å²) in [6.07, 6.45) is 5.54. The number of anilines is 3. The molecule has 0 aliphatic heterocycles. The molecule has 0 radical (unpaired) electrons. The van der Waals surface area contributed by atoms with Crippen LogP contribution in [0.3, 0.4) is 0 Å². The zero-order chi connectivity index (χ0) is 27.1. The van der Waals surface area contributed by atoms with Gasteiger partial charge >= 0.3 is 12.0 Å². The van der Waals surface area contributed by atoms with Crippen molar-refractivity contribution in [2.75, 3.05) is 35.8 Å². The standard InChI is InChI=1S/C30H34FN3O4/c1-20-8-12-23(13-9-20)32-30(37)33-27-18-21(26-19-22(31)11-14-25(26)29(35)36)10-15-28(27)34(16-17-38-2)24-6-4-3-5-7-24/h8-15,18-19,24H,3-7,16-17H2,1-2H3,(H,35,36)(H2,32,33,37). The molecule has 0 heterocycles. The van der Waals surface area contributed by atoms with Gasteiger partial charge in [0.15, 0.2) is 0 Å². The van der Waals surface area contributed by atoms with Crippen molar-refractivity contribution in [3.05, 3.63) is 77.6 Å². The summed E-state index contributed by atoms with van der Waals surface area (Å²) < 4.78 is 19.6. The van der Waals surface area contributed by atoms with E-state index in [4.69, 9.17) is 4.74 Å². The molecule has 4 rings (SSSR count). The number of carboxylic acid groups (broad SMARTS) is 1. The van der Waals surface area contributed by atoms with Gasteiger partial charge in [0.2, 0.25) is 0 Å². The van der Waals surface area contributed by atoms with Crippen LogP contribution in [-0.2, 0) is 4.74 Å². The average molecular weight is 520 g/mol. The minimum atomic E-state index is -1.15. The largest absolute Gasteiger partial charge is 0.478 e. The topological polar surface area (TPSA) is 90.9 Å². The first-order valence-corrected chi connectivity index (χ1v) is 12.9. The highest BCUT2D eigenvalue weighted by atomic mass is 19.1. The van der Waals surface area contributed by atoms with Crippen LogP contribution < -0.4 is 15.5 Å². The molecule has 0 saturated heterocycles. The maximum atomic E-state index is 14.2. The molecule has 3 aromatic rings. The van der Waals surface area contributed by atoms with Crippen molar-refractivity contribution in [3.63, 3.8) is 0 Å². The summed E-state index contributed by atoms with van der Waals surface area (Å²) in [4.78, 5) is 27.2. The maximum absolute atomic E-state index is 14.2. The van der Waals surface area contributed by atoms with E-state index in [2.05, 4.69) is 15.5 Å². The number of halogens is 1. The van der Waals surface area contributed by atoms with Crippen molar-refractivity contribution in [1.82, 2.24) is 0 Å². The summed E-state index contributed by atoms with van der Waals surface area (Å²) in [5, 5.41) is 15.5. The molecular weight excluding hydrogens is 485 g/mol. The summed E-state index contributed by atoms with van der Waals surface area (Å²) in [7, 11) is 1.66. The Hall–Kier alpha value is -3.91. The fourth-order valence-electron chi connectivity index (χ4n) is 5.00. The summed E-state index contributed by atoms with van der Waals surface area (Å²) >= 11 is 0. The van der Waals surface area contributed by atoms with Gasteiger partial charge in [-0.3, -0.25) is 0 Å². The lowest BCUT2D eigenvalue weighted by Crippen LogP contribution is -2.39. The van der Waals surface area contributed by atoms with E-state index in [0.29, 0.717) is 30.1 Å². The number of methoxy groups -OCH3 is 1. The Bertz CT molecular complexity index is 1270. The highest BCUT2D eigenvalue weighted by molar-refractivity contribution is 6.03. The number of ether oxygens (including phenoxy) is 1. The van der Waals surface area contributed by atoms with E-state index < -0.39 is 17.8 Å². The lowest BCUT2D eigenvalue weighted by Gasteiger charge is -2.37. The van der Waals surface area contributed by atoms with Gasteiger partial charge in [0, 0.05) is 25.4 Å². The van der Waals surface area contributed by atoms with Crippen molar-refractivity contribution in [3.8, 4) is 11.1 Å². The number of carbonyl (C=O) groups is 2. The van der Waals surface area contributed by atoms with Crippen LogP contribution in [0.4, 0.5) is 26.2 Å². The molecule has 7 nitrogen and oxygen atoms in total. The molecule has 1 fully saturated rings. The molecule has 8 heteroatoms. The Morgan fingerprint density at radius 1 is 1.00 bits per heavy atom. The molecule has 1 aliphatic carbocycles. The van der Waals surface area contributed by atoms with Gasteiger partial charge in [-0.15, -0.1) is 0 Å². The summed E-state index contributed by atoms with van der Waals surface area (Å²) in [5.41, 5.74) is 3.76. The van der Waals surface area contributed by atoms with Gasteiger partial charge in [-0.1, -0.05) is 43.0 Å². The lowest BCUT2D eigenvalue weighted by atomic mass is 9.93. The first-order chi connectivity index (χ1) is 18.4. The third kappa shape index (κ3) is 6.69. The Labute approximate surface area is 222 Å². The highest BCUT2D eigenvalue weighted by Crippen LogP contribution is 2.37. The van der Waals surface area contributed by atoms with Gasteiger partial charge in [0.1, 0.15) is 5.82 Å². The third-order valence-electron chi connectivity index (χ3n) is 6.94. The van der Waals surface area contributed by atoms with Crippen LogP contribution >= 0.6 is 0 Å². The summed E-state index contributed by atoms with van der Waals surface area (Å²) in [6.45, 7) is 3.12. The van der Waals surface area contributed by atoms with E-state index in [0.717, 1.165) is 43.0 Å². The Morgan fingerprint density at radius 3 is 2.42 bits per heavy atom. The van der Waals surface area contributed by atoms with Crippen LogP contribution in [0.5, 0.6) is 0 Å². The van der Waals surface area contributed by atoms with Crippen LogP contribution in [0.1, 0.15) is 48.0 Å². The number of benzene rings is 3. The highest BCUT2D eigenvalue weighted by Gasteiger charge is 2.25.